The van der Waals surface area contributed by atoms with Crippen LogP contribution in [0.5, 0.6) is 11.5 Å². The van der Waals surface area contributed by atoms with Crippen molar-refractivity contribution in [2.24, 2.45) is 0 Å². The van der Waals surface area contributed by atoms with Gasteiger partial charge in [0.15, 0.2) is 46.2 Å². The number of fused-ring (bicyclic) bond motifs is 8. The second kappa shape index (κ2) is 20.4. The number of carbonyl (C=O) groups excluding carboxylic acids is 2. The van der Waals surface area contributed by atoms with Crippen molar-refractivity contribution in [2.45, 2.75) is 45.7 Å². The maximum absolute atomic E-state index is 15.5. The highest BCUT2D eigenvalue weighted by Crippen LogP contribution is 2.50. The van der Waals surface area contributed by atoms with Crippen LogP contribution in [0.4, 0.5) is 17.6 Å². The van der Waals surface area contributed by atoms with Crippen LogP contribution in [-0.2, 0) is 21.0 Å². The van der Waals surface area contributed by atoms with E-state index in [1.807, 2.05) is 107 Å². The molecule has 6 aliphatic heterocycles. The van der Waals surface area contributed by atoms with Crippen molar-refractivity contribution in [3.05, 3.63) is 234 Å². The first-order valence-electron chi connectivity index (χ1n) is 25.7. The second-order valence-corrected chi connectivity index (χ2v) is 21.7. The van der Waals surface area contributed by atoms with Crippen LogP contribution in [0.25, 0.3) is 22.3 Å². The molecule has 0 aliphatic carbocycles. The first-order valence-corrected chi connectivity index (χ1v) is 27.7. The summed E-state index contributed by atoms with van der Waals surface area (Å²) in [4.78, 5) is 56.9. The zero-order valence-electron chi connectivity index (χ0n) is 42.2. The lowest BCUT2D eigenvalue weighted by Gasteiger charge is -2.51. The minimum absolute atomic E-state index is 0.147. The van der Waals surface area contributed by atoms with Crippen molar-refractivity contribution in [2.75, 3.05) is 49.5 Å². The minimum Gasteiger partial charge on any atom is -0.502 e. The number of pyridine rings is 2. The maximum atomic E-state index is 15.5. The van der Waals surface area contributed by atoms with Gasteiger partial charge in [0.05, 0.1) is 38.5 Å². The first-order chi connectivity index (χ1) is 38.9. The SMILES string of the molecule is O=C1c2c(O)c(=O)ccn2N([C@@H]2c3ccc(F)c(F)c3CSc3c(-c4ccccc4)cccc32)[C@H]2COCCN12.O=C1c2c(O)c(=O)ccn2N([C@H]2c3ccc(F)c(F)c3CSc3c(-c4ccccc4)cccc32)[C@@H]2COCCN12. The Morgan fingerprint density at radius 1 is 0.475 bits per heavy atom. The third kappa shape index (κ3) is 8.25. The molecule has 2 amide bonds. The summed E-state index contributed by atoms with van der Waals surface area (Å²) in [5, 5.41) is 25.3. The van der Waals surface area contributed by atoms with E-state index < -0.39 is 81.9 Å². The molecule has 4 atom stereocenters. The average Bonchev–Trinajstić information content (AvgIpc) is 3.80. The number of morpholine rings is 2. The zero-order valence-corrected chi connectivity index (χ0v) is 43.8. The minimum atomic E-state index is -0.939. The summed E-state index contributed by atoms with van der Waals surface area (Å²) in [5.41, 5.74) is 5.26. The van der Waals surface area contributed by atoms with E-state index in [1.54, 1.807) is 21.9 Å². The number of thioether (sulfide) groups is 2. The monoisotopic (exact) mass is 1120 g/mol. The molecule has 2 saturated heterocycles. The van der Waals surface area contributed by atoms with Crippen molar-refractivity contribution in [3.63, 3.8) is 0 Å². The van der Waals surface area contributed by atoms with Crippen LogP contribution in [0.2, 0.25) is 0 Å². The molecule has 20 heteroatoms. The second-order valence-electron chi connectivity index (χ2n) is 19.7. The Morgan fingerprint density at radius 2 is 0.887 bits per heavy atom. The predicted molar refractivity (Wildman–Crippen MR) is 292 cm³/mol. The van der Waals surface area contributed by atoms with Crippen LogP contribution >= 0.6 is 23.5 Å². The highest BCUT2D eigenvalue weighted by Gasteiger charge is 2.48. The van der Waals surface area contributed by atoms with Gasteiger partial charge in [0.25, 0.3) is 11.8 Å². The van der Waals surface area contributed by atoms with Crippen molar-refractivity contribution in [3.8, 4) is 33.8 Å². The largest absolute Gasteiger partial charge is 0.502 e. The van der Waals surface area contributed by atoms with Crippen LogP contribution in [0, 0.1) is 23.3 Å². The normalized spacial score (nSPS) is 19.8. The van der Waals surface area contributed by atoms with Gasteiger partial charge in [-0.15, -0.1) is 23.5 Å². The number of rotatable bonds is 4. The van der Waals surface area contributed by atoms with Gasteiger partial charge < -0.3 is 29.5 Å². The number of amides is 2. The lowest BCUT2D eigenvalue weighted by Crippen LogP contribution is -2.66. The number of hydrogen-bond donors (Lipinski definition) is 2. The molecule has 6 aliphatic rings. The van der Waals surface area contributed by atoms with Crippen molar-refractivity contribution >= 4 is 35.3 Å². The van der Waals surface area contributed by atoms with Gasteiger partial charge >= 0.3 is 0 Å². The fraction of sp³-hybridized carbons (Fsp3) is 0.200. The summed E-state index contributed by atoms with van der Waals surface area (Å²) in [6.45, 7) is 1.36. The van der Waals surface area contributed by atoms with Gasteiger partial charge in [-0.3, -0.25) is 38.5 Å². The van der Waals surface area contributed by atoms with Crippen LogP contribution < -0.4 is 20.9 Å². The molecule has 0 radical (unpaired) electrons. The lowest BCUT2D eigenvalue weighted by molar-refractivity contribution is -0.0198. The molecule has 0 spiro atoms. The highest BCUT2D eigenvalue weighted by molar-refractivity contribution is 7.99. The third-order valence-electron chi connectivity index (χ3n) is 15.5. The quantitative estimate of drug-likeness (QED) is 0.162. The van der Waals surface area contributed by atoms with E-state index in [-0.39, 0.29) is 60.3 Å². The summed E-state index contributed by atoms with van der Waals surface area (Å²) in [5.74, 6) is -5.65. The molecule has 80 heavy (non-hydrogen) atoms. The Morgan fingerprint density at radius 3 is 1.30 bits per heavy atom. The Kier molecular flexibility index (Phi) is 13.1. The topological polar surface area (TPSA) is 150 Å². The van der Waals surface area contributed by atoms with E-state index in [1.165, 1.54) is 57.4 Å². The Bertz CT molecular complexity index is 3710. The van der Waals surface area contributed by atoms with Gasteiger partial charge in [-0.2, -0.15) is 0 Å². The van der Waals surface area contributed by atoms with Crippen molar-refractivity contribution in [1.29, 1.82) is 0 Å². The van der Waals surface area contributed by atoms with Crippen LogP contribution in [-0.4, -0.2) is 93.0 Å². The predicted octanol–water partition coefficient (Wildman–Crippen LogP) is 9.29. The van der Waals surface area contributed by atoms with Gasteiger partial charge in [0.1, 0.15) is 12.3 Å². The van der Waals surface area contributed by atoms with Crippen LogP contribution in [0.15, 0.2) is 165 Å². The summed E-state index contributed by atoms with van der Waals surface area (Å²) < 4.78 is 74.7. The highest BCUT2D eigenvalue weighted by atomic mass is 32.2. The summed E-state index contributed by atoms with van der Waals surface area (Å²) in [6.07, 6.45) is 1.61. The van der Waals surface area contributed by atoms with Crippen molar-refractivity contribution in [1.82, 2.24) is 19.2 Å². The van der Waals surface area contributed by atoms with E-state index in [0.717, 1.165) is 55.3 Å². The molecule has 0 bridgehead atoms. The number of benzene rings is 6. The Hall–Kier alpha value is -8.30. The van der Waals surface area contributed by atoms with Gasteiger partial charge in [-0.25, -0.2) is 17.6 Å². The molecule has 14 nitrogen and oxygen atoms in total. The van der Waals surface area contributed by atoms with E-state index in [0.29, 0.717) is 24.3 Å². The number of hydrogen-bond acceptors (Lipinski definition) is 12. The molecule has 6 aromatic carbocycles. The van der Waals surface area contributed by atoms with E-state index in [9.17, 15) is 38.2 Å². The fourth-order valence-electron chi connectivity index (χ4n) is 11.8. The van der Waals surface area contributed by atoms with Gasteiger partial charge in [0, 0.05) is 70.0 Å². The van der Waals surface area contributed by atoms with E-state index in [4.69, 9.17) is 9.47 Å². The molecule has 404 valence electrons. The molecular weight excluding hydrogens is 1070 g/mol. The average molecular weight is 1120 g/mol. The van der Waals surface area contributed by atoms with E-state index in [2.05, 4.69) is 0 Å². The maximum Gasteiger partial charge on any atom is 0.278 e. The lowest BCUT2D eigenvalue weighted by atomic mass is 9.91. The fourth-order valence-corrected chi connectivity index (χ4v) is 14.4. The zero-order chi connectivity index (χ0) is 55.1. The molecule has 2 fully saturated rings. The molecule has 2 N–H and O–H groups in total. The smallest absolute Gasteiger partial charge is 0.278 e. The molecule has 0 unspecified atom stereocenters. The Balaban J connectivity index is 0.000000151. The number of aromatic hydroxyl groups is 2. The number of aromatic nitrogens is 2. The van der Waals surface area contributed by atoms with Crippen LogP contribution in [0.3, 0.4) is 0 Å². The van der Waals surface area contributed by atoms with E-state index >= 15 is 8.78 Å². The standard InChI is InChI=1S/2C30H23F2N3O4S/c2*31-22-10-9-19-21(25(22)32)16-40-29-18(17-5-2-1-3-6-17)7-4-8-20(29)26(19)35-24-15-39-14-13-33(24)30(38)27-28(37)23(36)11-12-34(27)35/h2*1-12,24,26,37H,13-16H2/t2*24-,26+/m10/s1. The third-order valence-corrected chi connectivity index (χ3v) is 17.9. The first kappa shape index (κ1) is 51.2. The van der Waals surface area contributed by atoms with Crippen molar-refractivity contribution < 1.29 is 46.8 Å². The molecule has 14 rings (SSSR count). The molecule has 8 heterocycles. The Labute approximate surface area is 462 Å². The molecule has 8 aromatic rings. The van der Waals surface area contributed by atoms with Crippen LogP contribution in [0.1, 0.15) is 66.4 Å². The summed E-state index contributed by atoms with van der Waals surface area (Å²) in [7, 11) is 0. The number of halogens is 4. The summed E-state index contributed by atoms with van der Waals surface area (Å²) in [6, 6.07) is 37.7. The van der Waals surface area contributed by atoms with Gasteiger partial charge in [0.2, 0.25) is 10.9 Å². The number of ether oxygens (including phenoxy) is 2. The molecular formula is C60H46F4N6O8S2. The molecule has 0 saturated carbocycles. The summed E-state index contributed by atoms with van der Waals surface area (Å²) >= 11 is 2.85. The van der Waals surface area contributed by atoms with Gasteiger partial charge in [-0.1, -0.05) is 109 Å². The molecule has 2 aromatic heterocycles. The van der Waals surface area contributed by atoms with Gasteiger partial charge in [-0.05, 0) is 56.6 Å². The number of carbonyl (C=O) groups is 2. The number of nitrogens with zero attached hydrogens (tertiary/aromatic N) is 6.